The zero-order chi connectivity index (χ0) is 57.6. The van der Waals surface area contributed by atoms with Gasteiger partial charge in [-0.25, -0.2) is 14.1 Å². The summed E-state index contributed by atoms with van der Waals surface area (Å²) in [5.41, 5.74) is 6.03. The molecule has 2 aliphatic rings. The molecule has 6 rings (SSSR count). The van der Waals surface area contributed by atoms with Gasteiger partial charge in [0.1, 0.15) is 12.4 Å². The molecule has 2 heterocycles. The molecule has 0 saturated carbocycles. The summed E-state index contributed by atoms with van der Waals surface area (Å²) in [5.74, 6) is -3.42. The molecule has 436 valence electrons. The van der Waals surface area contributed by atoms with Crippen LogP contribution in [-0.2, 0) is 42.9 Å². The van der Waals surface area contributed by atoms with Gasteiger partial charge in [-0.3, -0.25) is 28.8 Å². The van der Waals surface area contributed by atoms with Crippen molar-refractivity contribution in [3.63, 3.8) is 0 Å². The Morgan fingerprint density at radius 1 is 0.713 bits per heavy atom. The van der Waals surface area contributed by atoms with Crippen molar-refractivity contribution < 1.29 is 64.9 Å². The lowest BCUT2D eigenvalue weighted by molar-refractivity contribution is -0.122. The summed E-state index contributed by atoms with van der Waals surface area (Å²) in [7, 11) is 1.62. The van der Waals surface area contributed by atoms with Gasteiger partial charge in [-0.15, -0.1) is 0 Å². The molecule has 4 aromatic rings. The minimum absolute atomic E-state index is 0. The van der Waals surface area contributed by atoms with Crippen molar-refractivity contribution in [1.82, 2.24) is 25.8 Å². The lowest BCUT2D eigenvalue weighted by Crippen LogP contribution is -2.35. The normalized spacial score (nSPS) is 13.8. The molecule has 20 nitrogen and oxygen atoms in total. The molecule has 0 bridgehead atoms. The number of aryl methyl sites for hydroxylation is 1. The number of aliphatic hydroxyl groups excluding tert-OH is 1. The first-order chi connectivity index (χ1) is 38.7. The Bertz CT molecular complexity index is 2760. The largest absolute Gasteiger partial charge is 0.448 e. The Morgan fingerprint density at radius 2 is 1.30 bits per heavy atom. The fourth-order valence-corrected chi connectivity index (χ4v) is 9.65. The minimum Gasteiger partial charge on any atom is -0.448 e. The molecular formula is C59H81FN8O12. The molecule has 21 heteroatoms. The van der Waals surface area contributed by atoms with Gasteiger partial charge in [0.05, 0.1) is 30.0 Å². The number of hydrogen-bond donors (Lipinski definition) is 7. The van der Waals surface area contributed by atoms with E-state index in [2.05, 4.69) is 50.3 Å². The first-order valence-corrected chi connectivity index (χ1v) is 27.6. The van der Waals surface area contributed by atoms with Crippen molar-refractivity contribution in [2.24, 2.45) is 0 Å². The van der Waals surface area contributed by atoms with E-state index < -0.39 is 23.7 Å². The maximum absolute atomic E-state index is 15.0. The summed E-state index contributed by atoms with van der Waals surface area (Å²) in [5, 5.41) is 23.3. The molecule has 0 radical (unpaired) electrons. The van der Waals surface area contributed by atoms with Crippen LogP contribution in [0, 0.1) is 19.7 Å². The Morgan fingerprint density at radius 3 is 1.88 bits per heavy atom. The second-order valence-corrected chi connectivity index (χ2v) is 19.5. The maximum atomic E-state index is 15.0. The molecule has 7 N–H and O–H groups in total. The van der Waals surface area contributed by atoms with Crippen LogP contribution in [0.4, 0.5) is 26.2 Å². The van der Waals surface area contributed by atoms with Crippen molar-refractivity contribution >= 4 is 70.2 Å². The van der Waals surface area contributed by atoms with Crippen LogP contribution in [0.1, 0.15) is 124 Å². The number of hydrogen-bond acceptors (Lipinski definition) is 13. The number of methoxy groups -OCH3 is 1. The fraction of sp³-hybridized carbons (Fsp3) is 0.475. The van der Waals surface area contributed by atoms with Crippen LogP contribution in [-0.4, -0.2) is 149 Å². The molecule has 1 aliphatic heterocycles. The van der Waals surface area contributed by atoms with E-state index in [0.717, 1.165) is 48.0 Å². The number of ether oxygens (including phenoxy) is 4. The summed E-state index contributed by atoms with van der Waals surface area (Å²) in [6.45, 7) is 13.2. The third-order valence-electron chi connectivity index (χ3n) is 13.9. The quantitative estimate of drug-likeness (QED) is 0.0181. The Labute approximate surface area is 469 Å². The maximum Gasteiger partial charge on any atom is 0.421 e. The number of likely N-dealkylation sites (N-methyl/N-ethyl adjacent to an activating group) is 1. The monoisotopic (exact) mass is 1110 g/mol. The highest BCUT2D eigenvalue weighted by atomic mass is 19.1. The van der Waals surface area contributed by atoms with Crippen LogP contribution in [0.2, 0.25) is 0 Å². The molecule has 0 fully saturated rings. The number of nitrogens with one attached hydrogen (secondary N) is 6. The van der Waals surface area contributed by atoms with Gasteiger partial charge in [0, 0.05) is 122 Å². The van der Waals surface area contributed by atoms with Gasteiger partial charge in [-0.05, 0) is 135 Å². The topological polar surface area (TPSA) is 259 Å². The van der Waals surface area contributed by atoms with Crippen molar-refractivity contribution in [2.75, 3.05) is 108 Å². The number of aromatic nitrogens is 1. The van der Waals surface area contributed by atoms with Crippen molar-refractivity contribution in [3.8, 4) is 11.1 Å². The number of aromatic amines is 1. The van der Waals surface area contributed by atoms with Crippen LogP contribution in [0.25, 0.3) is 22.8 Å². The number of benzene rings is 3. The summed E-state index contributed by atoms with van der Waals surface area (Å²) < 4.78 is 37.0. The van der Waals surface area contributed by atoms with E-state index in [1.54, 1.807) is 45.2 Å². The Kier molecular flexibility index (Phi) is 24.4. The molecule has 7 amide bonds. The number of halogens is 1. The smallest absolute Gasteiger partial charge is 0.421 e. The fourth-order valence-electron chi connectivity index (χ4n) is 9.65. The summed E-state index contributed by atoms with van der Waals surface area (Å²) in [6, 6.07) is 14.3. The van der Waals surface area contributed by atoms with E-state index in [1.807, 2.05) is 12.1 Å². The summed E-state index contributed by atoms with van der Waals surface area (Å²) in [6.07, 6.45) is 3.58. The molecule has 1 aliphatic carbocycles. The van der Waals surface area contributed by atoms with E-state index >= 15 is 0 Å². The number of imide groups is 1. The average Bonchev–Trinajstić information content (AvgIpc) is 4.00. The van der Waals surface area contributed by atoms with E-state index in [0.29, 0.717) is 123 Å². The van der Waals surface area contributed by atoms with Gasteiger partial charge in [0.2, 0.25) is 23.6 Å². The Balaban J connectivity index is 0.00000722. The molecule has 1 aromatic heterocycles. The molecule has 0 spiro atoms. The van der Waals surface area contributed by atoms with Crippen LogP contribution in [0.15, 0.2) is 54.6 Å². The predicted octanol–water partition coefficient (Wildman–Crippen LogP) is 7.46. The van der Waals surface area contributed by atoms with Crippen molar-refractivity contribution in [1.29, 1.82) is 0 Å². The highest BCUT2D eigenvalue weighted by molar-refractivity contribution is 6.41. The second-order valence-electron chi connectivity index (χ2n) is 19.5. The zero-order valence-electron chi connectivity index (χ0n) is 46.6. The second kappa shape index (κ2) is 31.5. The number of carbonyl (C=O) groups is 7. The number of fused-ring (bicyclic) bond motifs is 4. The van der Waals surface area contributed by atoms with Crippen molar-refractivity contribution in [3.05, 3.63) is 99.6 Å². The molecule has 0 saturated heterocycles. The van der Waals surface area contributed by atoms with Gasteiger partial charge in [-0.1, -0.05) is 26.0 Å². The Hall–Kier alpha value is -7.30. The third-order valence-corrected chi connectivity index (χ3v) is 13.9. The van der Waals surface area contributed by atoms with Gasteiger partial charge < -0.3 is 60.5 Å². The van der Waals surface area contributed by atoms with E-state index in [1.165, 1.54) is 18.2 Å². The van der Waals surface area contributed by atoms with E-state index in [9.17, 15) is 38.0 Å². The predicted molar refractivity (Wildman–Crippen MR) is 307 cm³/mol. The van der Waals surface area contributed by atoms with Crippen LogP contribution in [0.5, 0.6) is 0 Å². The average molecular weight is 1110 g/mol. The summed E-state index contributed by atoms with van der Waals surface area (Å²) >= 11 is 0. The van der Waals surface area contributed by atoms with Gasteiger partial charge in [-0.2, -0.15) is 0 Å². The molecular weight excluding hydrogens is 1030 g/mol. The lowest BCUT2D eigenvalue weighted by Gasteiger charge is -2.19. The van der Waals surface area contributed by atoms with E-state index in [4.69, 9.17) is 24.1 Å². The number of carbonyl (C=O) groups excluding carboxylic acids is 7. The van der Waals surface area contributed by atoms with Crippen LogP contribution < -0.4 is 31.5 Å². The molecule has 3 aromatic carbocycles. The number of H-pyrrole nitrogens is 1. The van der Waals surface area contributed by atoms with Crippen LogP contribution in [0.3, 0.4) is 0 Å². The number of anilines is 3. The van der Waals surface area contributed by atoms with Crippen LogP contribution >= 0.6 is 0 Å². The minimum atomic E-state index is -1.03. The number of amides is 7. The highest BCUT2D eigenvalue weighted by Gasteiger charge is 2.40. The first kappa shape index (κ1) is 61.9. The van der Waals surface area contributed by atoms with Gasteiger partial charge in [0.25, 0.3) is 11.8 Å². The number of rotatable bonds is 33. The molecule has 1 atom stereocenters. The molecule has 1 unspecified atom stereocenters. The van der Waals surface area contributed by atoms with Gasteiger partial charge in [0.15, 0.2) is 0 Å². The third kappa shape index (κ3) is 17.3. The van der Waals surface area contributed by atoms with Crippen molar-refractivity contribution in [2.45, 2.75) is 91.4 Å². The molecule has 80 heavy (non-hydrogen) atoms. The number of nitrogens with zero attached hydrogens (tertiary/aromatic N) is 2. The lowest BCUT2D eigenvalue weighted by atomic mass is 9.97. The summed E-state index contributed by atoms with van der Waals surface area (Å²) in [4.78, 5) is 99.8. The van der Waals surface area contributed by atoms with Gasteiger partial charge >= 0.3 is 6.09 Å². The highest BCUT2D eigenvalue weighted by Crippen LogP contribution is 2.47. The first-order valence-electron chi connectivity index (χ1n) is 27.6. The number of unbranched alkanes of at least 4 members (excludes halogenated alkanes) is 1. The van der Waals surface area contributed by atoms with E-state index in [-0.39, 0.29) is 88.1 Å². The standard InChI is InChI=1S/C59H77FN8O12.2H2/c1-6-67(7-2)26-23-63-57(74)56-38(3)50(64-39(56)4)36-48-47-33-40(60)17-22-51(47)68(58(48)75)59(76)80-37-49-45-34-41(65-54(72)15-10-13-52(70)61-24-31-78-29-9-8-27-69)18-20-43(45)44-21-19-42(35-46(44)49)66-55(73)16-11-14-53(71)62-25-32-79-30-12-28-77-5;;/h17-22,33-36,49,64,69H,6-16,23-32,37H2,1-5H3,(H,61,70)(H,62,71)(H,63,74)(H,65,72)(H,66,73);2*1H/b48-36-;;. The number of aliphatic hydroxyl groups is 1. The zero-order valence-corrected chi connectivity index (χ0v) is 46.6. The SMILES string of the molecule is CCN(CC)CCNC(=O)c1c(C)[nH]c(/C=C2\C(=O)N(C(=O)OCC3c4cc(NC(=O)CCCC(=O)NCCOCCCCO)ccc4-c4ccc(NC(=O)CCCC(=O)NCCOCCCOC)cc43)c3ccc(F)cc32)c1C.[HH].[HH].